The number of rotatable bonds is 5. The third-order valence-corrected chi connectivity index (χ3v) is 2.34. The Morgan fingerprint density at radius 1 is 1.19 bits per heavy atom. The number of hydrogen-bond donors (Lipinski definition) is 0. The van der Waals surface area contributed by atoms with Crippen LogP contribution >= 0.6 is 0 Å². The third kappa shape index (κ3) is 4.40. The van der Waals surface area contributed by atoms with Crippen LogP contribution in [0.5, 0.6) is 0 Å². The molecule has 1 aromatic heterocycles. The lowest BCUT2D eigenvalue weighted by molar-refractivity contribution is -0.157. The van der Waals surface area contributed by atoms with Gasteiger partial charge in [-0.15, -0.1) is 0 Å². The van der Waals surface area contributed by atoms with E-state index in [0.29, 0.717) is 12.3 Å². The number of carbonyl (C=O) groups excluding carboxylic acids is 2. The lowest BCUT2D eigenvalue weighted by Gasteiger charge is -2.14. The number of hydrogen-bond acceptors (Lipinski definition) is 6. The maximum absolute atomic E-state index is 12.6. The summed E-state index contributed by atoms with van der Waals surface area (Å²) < 4.78 is 47.2. The van der Waals surface area contributed by atoms with Gasteiger partial charge in [-0.3, -0.25) is 9.59 Å². The minimum atomic E-state index is -4.67. The normalized spacial score (nSPS) is 11.3. The average molecular weight is 306 g/mol. The summed E-state index contributed by atoms with van der Waals surface area (Å²) in [4.78, 5) is 23.5. The molecule has 0 amide bonds. The van der Waals surface area contributed by atoms with E-state index < -0.39 is 35.3 Å². The van der Waals surface area contributed by atoms with E-state index in [-0.39, 0.29) is 13.2 Å². The van der Waals surface area contributed by atoms with Gasteiger partial charge >= 0.3 is 18.1 Å². The van der Waals surface area contributed by atoms with E-state index in [2.05, 4.69) is 19.7 Å². The van der Waals surface area contributed by atoms with Crippen LogP contribution in [0.15, 0.2) is 12.3 Å². The summed E-state index contributed by atoms with van der Waals surface area (Å²) in [5.74, 6) is -3.77. The molecule has 0 fully saturated rings. The highest BCUT2D eigenvalue weighted by molar-refractivity contribution is 6.00. The Hall–Kier alpha value is -2.19. The van der Waals surface area contributed by atoms with Crippen LogP contribution in [0.4, 0.5) is 13.2 Å². The van der Waals surface area contributed by atoms with Crippen molar-refractivity contribution in [3.8, 4) is 0 Å². The van der Waals surface area contributed by atoms with Gasteiger partial charge < -0.3 is 9.47 Å². The van der Waals surface area contributed by atoms with Gasteiger partial charge in [0, 0.05) is 0 Å². The van der Waals surface area contributed by atoms with Gasteiger partial charge in [-0.05, 0) is 19.9 Å². The van der Waals surface area contributed by atoms with E-state index in [9.17, 15) is 22.8 Å². The van der Waals surface area contributed by atoms with Gasteiger partial charge in [0.15, 0.2) is 5.92 Å². The van der Waals surface area contributed by atoms with Gasteiger partial charge in [0.25, 0.3) is 0 Å². The van der Waals surface area contributed by atoms with Crippen molar-refractivity contribution in [1.29, 1.82) is 0 Å². The van der Waals surface area contributed by atoms with E-state index in [1.165, 1.54) is 13.8 Å². The van der Waals surface area contributed by atoms with Crippen molar-refractivity contribution in [2.45, 2.75) is 25.9 Å². The fourth-order valence-corrected chi connectivity index (χ4v) is 1.47. The Labute approximate surface area is 118 Å². The van der Waals surface area contributed by atoms with Gasteiger partial charge in [0.2, 0.25) is 0 Å². The smallest absolute Gasteiger partial charge is 0.418 e. The monoisotopic (exact) mass is 306 g/mol. The zero-order valence-electron chi connectivity index (χ0n) is 11.3. The second kappa shape index (κ2) is 7.00. The molecule has 0 bridgehead atoms. The summed E-state index contributed by atoms with van der Waals surface area (Å²) in [5, 5.41) is 6.58. The van der Waals surface area contributed by atoms with Crippen LogP contribution in [-0.2, 0) is 25.2 Å². The largest absolute Gasteiger partial charge is 0.465 e. The molecule has 1 aromatic rings. The van der Waals surface area contributed by atoms with Gasteiger partial charge in [-0.25, -0.2) is 0 Å². The molecule has 0 aromatic carbocycles. The molecule has 0 radical (unpaired) electrons. The van der Waals surface area contributed by atoms with E-state index in [4.69, 9.17) is 0 Å². The Morgan fingerprint density at radius 2 is 1.71 bits per heavy atom. The van der Waals surface area contributed by atoms with E-state index in [1.807, 2.05) is 0 Å². The first-order valence-electron chi connectivity index (χ1n) is 6.04. The Bertz CT molecular complexity index is 501. The molecule has 0 aliphatic heterocycles. The lowest BCUT2D eigenvalue weighted by Crippen LogP contribution is -2.27. The van der Waals surface area contributed by atoms with Crippen molar-refractivity contribution in [2.75, 3.05) is 13.2 Å². The Kier molecular flexibility index (Phi) is 5.62. The number of esters is 2. The van der Waals surface area contributed by atoms with Crippen molar-refractivity contribution in [2.24, 2.45) is 0 Å². The molecular formula is C12H13F3N2O4. The van der Waals surface area contributed by atoms with Crippen LogP contribution in [0.1, 0.15) is 31.0 Å². The van der Waals surface area contributed by atoms with Crippen LogP contribution < -0.4 is 0 Å². The standard InChI is InChI=1S/C12H13F3N2O4/c1-3-20-10(18)9(11(19)21-4-2)8-5-7(6-16-17-8)12(13,14)15/h5-6,9H,3-4H2,1-2H3. The first kappa shape index (κ1) is 16.9. The van der Waals surface area contributed by atoms with E-state index in [0.717, 1.165) is 0 Å². The maximum atomic E-state index is 12.6. The Balaban J connectivity index is 3.20. The van der Waals surface area contributed by atoms with Crippen LogP contribution in [0.25, 0.3) is 0 Å². The molecule has 1 rings (SSSR count). The van der Waals surface area contributed by atoms with Crippen LogP contribution in [-0.4, -0.2) is 35.3 Å². The number of ether oxygens (including phenoxy) is 2. The molecule has 0 spiro atoms. The molecule has 6 nitrogen and oxygen atoms in total. The topological polar surface area (TPSA) is 78.4 Å². The molecule has 0 saturated carbocycles. The fourth-order valence-electron chi connectivity index (χ4n) is 1.47. The summed E-state index contributed by atoms with van der Waals surface area (Å²) in [6.45, 7) is 2.91. The third-order valence-electron chi connectivity index (χ3n) is 2.34. The zero-order valence-corrected chi connectivity index (χ0v) is 11.3. The molecular weight excluding hydrogens is 293 g/mol. The summed E-state index contributed by atoms with van der Waals surface area (Å²) in [6, 6.07) is 0.575. The van der Waals surface area contributed by atoms with Crippen LogP contribution in [0, 0.1) is 0 Å². The number of carbonyl (C=O) groups is 2. The van der Waals surface area contributed by atoms with Crippen molar-refractivity contribution >= 4 is 11.9 Å². The number of alkyl halides is 3. The van der Waals surface area contributed by atoms with Crippen LogP contribution in [0.3, 0.4) is 0 Å². The highest BCUT2D eigenvalue weighted by Crippen LogP contribution is 2.30. The fraction of sp³-hybridized carbons (Fsp3) is 0.500. The average Bonchev–Trinajstić information content (AvgIpc) is 2.39. The second-order valence-electron chi connectivity index (χ2n) is 3.80. The van der Waals surface area contributed by atoms with Crippen molar-refractivity contribution in [3.63, 3.8) is 0 Å². The SMILES string of the molecule is CCOC(=O)C(C(=O)OCC)c1cc(C(F)(F)F)cnn1. The molecule has 0 unspecified atom stereocenters. The first-order valence-corrected chi connectivity index (χ1v) is 6.04. The van der Waals surface area contributed by atoms with Gasteiger partial charge in [0.05, 0.1) is 30.7 Å². The Morgan fingerprint density at radius 3 is 2.14 bits per heavy atom. The predicted octanol–water partition coefficient (Wildman–Crippen LogP) is 1.71. The molecule has 0 aliphatic rings. The number of halogens is 3. The summed E-state index contributed by atoms with van der Waals surface area (Å²) >= 11 is 0. The summed E-state index contributed by atoms with van der Waals surface area (Å²) in [6.07, 6.45) is -4.17. The molecule has 0 atom stereocenters. The van der Waals surface area contributed by atoms with Gasteiger partial charge in [0.1, 0.15) is 0 Å². The van der Waals surface area contributed by atoms with E-state index >= 15 is 0 Å². The molecule has 1 heterocycles. The quantitative estimate of drug-likeness (QED) is 0.608. The van der Waals surface area contributed by atoms with Crippen LogP contribution in [0.2, 0.25) is 0 Å². The van der Waals surface area contributed by atoms with E-state index in [1.54, 1.807) is 0 Å². The van der Waals surface area contributed by atoms with Crippen molar-refractivity contribution in [3.05, 3.63) is 23.5 Å². The second-order valence-corrected chi connectivity index (χ2v) is 3.80. The first-order chi connectivity index (χ1) is 9.81. The molecule has 0 saturated heterocycles. The minimum absolute atomic E-state index is 0.0405. The zero-order chi connectivity index (χ0) is 16.0. The highest BCUT2D eigenvalue weighted by atomic mass is 19.4. The van der Waals surface area contributed by atoms with Gasteiger partial charge in [-0.2, -0.15) is 23.4 Å². The highest BCUT2D eigenvalue weighted by Gasteiger charge is 2.37. The summed E-state index contributed by atoms with van der Waals surface area (Å²) in [7, 11) is 0. The van der Waals surface area contributed by atoms with Gasteiger partial charge in [-0.1, -0.05) is 0 Å². The molecule has 0 aliphatic carbocycles. The maximum Gasteiger partial charge on any atom is 0.418 e. The number of aromatic nitrogens is 2. The molecule has 21 heavy (non-hydrogen) atoms. The number of nitrogens with zero attached hydrogens (tertiary/aromatic N) is 2. The molecule has 9 heteroatoms. The van der Waals surface area contributed by atoms with Crippen molar-refractivity contribution < 1.29 is 32.2 Å². The molecule has 116 valence electrons. The lowest BCUT2D eigenvalue weighted by atomic mass is 10.0. The summed E-state index contributed by atoms with van der Waals surface area (Å²) in [5.41, 5.74) is -1.59. The van der Waals surface area contributed by atoms with Crippen molar-refractivity contribution in [1.82, 2.24) is 10.2 Å². The minimum Gasteiger partial charge on any atom is -0.465 e. The molecule has 0 N–H and O–H groups in total. The predicted molar refractivity (Wildman–Crippen MR) is 63.0 cm³/mol.